The van der Waals surface area contributed by atoms with Gasteiger partial charge in [0.15, 0.2) is 23.0 Å². The molecule has 2 aliphatic heterocycles. The Morgan fingerprint density at radius 2 is 1.38 bits per heavy atom. The minimum Gasteiger partial charge on any atom is -0.476 e. The van der Waals surface area contributed by atoms with E-state index in [2.05, 4.69) is 0 Å². The first-order valence-corrected chi connectivity index (χ1v) is 7.70. The lowest BCUT2D eigenvalue weighted by atomic mass is 9.85. The summed E-state index contributed by atoms with van der Waals surface area (Å²) < 4.78 is 21.1. The highest BCUT2D eigenvalue weighted by Gasteiger charge is 2.42. The number of nitro groups is 1. The average molecular weight is 359 g/mol. The van der Waals surface area contributed by atoms with Gasteiger partial charge < -0.3 is 24.1 Å². The topological polar surface area (TPSA) is 117 Å². The zero-order chi connectivity index (χ0) is 18.3. The number of hydrogen-bond donors (Lipinski definition) is 1. The van der Waals surface area contributed by atoms with Crippen LogP contribution in [0.1, 0.15) is 17.0 Å². The van der Waals surface area contributed by atoms with Gasteiger partial charge in [-0.25, -0.2) is 4.79 Å². The third-order valence-corrected chi connectivity index (χ3v) is 4.31. The Balaban J connectivity index is 1.84. The molecule has 0 bridgehead atoms. The molecule has 9 heteroatoms. The van der Waals surface area contributed by atoms with E-state index >= 15 is 0 Å². The Labute approximate surface area is 146 Å². The Hall–Kier alpha value is -3.49. The molecule has 1 atom stereocenters. The van der Waals surface area contributed by atoms with E-state index in [9.17, 15) is 20.0 Å². The molecule has 0 saturated heterocycles. The number of benzene rings is 2. The molecule has 2 heterocycles. The number of carboxylic acid groups (broad SMARTS) is 1. The van der Waals surface area contributed by atoms with E-state index in [1.54, 1.807) is 36.4 Å². The SMILES string of the molecule is O=C(O)C(C(c1ccc2c(c1)OCO2)c1ccc2c(c1)OCO2)[N+](=O)[O-]. The smallest absolute Gasteiger partial charge is 0.380 e. The fourth-order valence-electron chi connectivity index (χ4n) is 3.12. The number of rotatable bonds is 5. The quantitative estimate of drug-likeness (QED) is 0.636. The maximum absolute atomic E-state index is 11.6. The molecular formula is C17H13NO8. The molecule has 134 valence electrons. The van der Waals surface area contributed by atoms with E-state index in [1.807, 2.05) is 0 Å². The Kier molecular flexibility index (Phi) is 3.76. The summed E-state index contributed by atoms with van der Waals surface area (Å²) in [7, 11) is 0. The van der Waals surface area contributed by atoms with Crippen LogP contribution in [0, 0.1) is 10.1 Å². The first-order chi connectivity index (χ1) is 12.5. The van der Waals surface area contributed by atoms with E-state index in [-0.39, 0.29) is 13.6 Å². The number of carbonyl (C=O) groups is 1. The van der Waals surface area contributed by atoms with Gasteiger partial charge in [0, 0.05) is 4.92 Å². The van der Waals surface area contributed by atoms with Crippen molar-refractivity contribution in [2.24, 2.45) is 0 Å². The summed E-state index contributed by atoms with van der Waals surface area (Å²) in [5.41, 5.74) is 0.856. The molecule has 0 spiro atoms. The maximum Gasteiger partial charge on any atom is 0.380 e. The van der Waals surface area contributed by atoms with Crippen molar-refractivity contribution in [1.29, 1.82) is 0 Å². The fraction of sp³-hybridized carbons (Fsp3) is 0.235. The fourth-order valence-corrected chi connectivity index (χ4v) is 3.12. The molecule has 1 unspecified atom stereocenters. The van der Waals surface area contributed by atoms with Gasteiger partial charge in [-0.15, -0.1) is 0 Å². The summed E-state index contributed by atoms with van der Waals surface area (Å²) in [6.07, 6.45) is 0. The first-order valence-electron chi connectivity index (χ1n) is 7.70. The average Bonchev–Trinajstić information content (AvgIpc) is 3.26. The van der Waals surface area contributed by atoms with Crippen LogP contribution in [0.5, 0.6) is 23.0 Å². The monoisotopic (exact) mass is 359 g/mol. The molecule has 0 aromatic heterocycles. The van der Waals surface area contributed by atoms with Crippen molar-refractivity contribution in [3.8, 4) is 23.0 Å². The Morgan fingerprint density at radius 1 is 0.923 bits per heavy atom. The molecule has 9 nitrogen and oxygen atoms in total. The Morgan fingerprint density at radius 3 is 1.81 bits per heavy atom. The molecule has 2 aromatic carbocycles. The second-order valence-electron chi connectivity index (χ2n) is 5.77. The molecule has 0 saturated carbocycles. The molecule has 26 heavy (non-hydrogen) atoms. The van der Waals surface area contributed by atoms with Crippen molar-refractivity contribution in [2.45, 2.75) is 12.0 Å². The zero-order valence-corrected chi connectivity index (χ0v) is 13.3. The predicted octanol–water partition coefficient (Wildman–Crippen LogP) is 2.01. The normalized spacial score (nSPS) is 15.1. The van der Waals surface area contributed by atoms with Crippen LogP contribution in [-0.4, -0.2) is 35.6 Å². The van der Waals surface area contributed by atoms with E-state index in [0.717, 1.165) is 0 Å². The molecule has 0 amide bonds. The van der Waals surface area contributed by atoms with Crippen molar-refractivity contribution >= 4 is 5.97 Å². The first kappa shape index (κ1) is 16.0. The summed E-state index contributed by atoms with van der Waals surface area (Å²) in [5, 5.41) is 21.0. The lowest BCUT2D eigenvalue weighted by Crippen LogP contribution is -2.36. The maximum atomic E-state index is 11.6. The minimum atomic E-state index is -1.88. The van der Waals surface area contributed by atoms with Gasteiger partial charge >= 0.3 is 12.0 Å². The van der Waals surface area contributed by atoms with Crippen molar-refractivity contribution in [3.63, 3.8) is 0 Å². The number of fused-ring (bicyclic) bond motifs is 2. The summed E-state index contributed by atoms with van der Waals surface area (Å²) in [5.74, 6) is -0.736. The number of carboxylic acids is 1. The van der Waals surface area contributed by atoms with Crippen LogP contribution in [0.25, 0.3) is 0 Å². The predicted molar refractivity (Wildman–Crippen MR) is 85.4 cm³/mol. The number of hydrogen-bond acceptors (Lipinski definition) is 7. The van der Waals surface area contributed by atoms with Gasteiger partial charge in [-0.2, -0.15) is 0 Å². The third kappa shape index (κ3) is 2.63. The number of aliphatic carboxylic acids is 1. The minimum absolute atomic E-state index is 0.0467. The van der Waals surface area contributed by atoms with Gasteiger partial charge in [0.1, 0.15) is 0 Å². The van der Waals surface area contributed by atoms with E-state index in [4.69, 9.17) is 18.9 Å². The van der Waals surface area contributed by atoms with Gasteiger partial charge in [-0.3, -0.25) is 10.1 Å². The largest absolute Gasteiger partial charge is 0.476 e. The van der Waals surface area contributed by atoms with Crippen LogP contribution in [0.4, 0.5) is 0 Å². The molecule has 2 aliphatic rings. The van der Waals surface area contributed by atoms with E-state index in [0.29, 0.717) is 34.1 Å². The highest BCUT2D eigenvalue weighted by molar-refractivity contribution is 5.75. The molecule has 4 rings (SSSR count). The second-order valence-corrected chi connectivity index (χ2v) is 5.77. The van der Waals surface area contributed by atoms with Crippen LogP contribution in [-0.2, 0) is 4.79 Å². The lowest BCUT2D eigenvalue weighted by Gasteiger charge is -2.20. The van der Waals surface area contributed by atoms with Gasteiger partial charge in [-0.05, 0) is 35.4 Å². The van der Waals surface area contributed by atoms with Crippen LogP contribution < -0.4 is 18.9 Å². The molecule has 0 radical (unpaired) electrons. The van der Waals surface area contributed by atoms with Crippen molar-refractivity contribution in [2.75, 3.05) is 13.6 Å². The zero-order valence-electron chi connectivity index (χ0n) is 13.3. The van der Waals surface area contributed by atoms with Crippen molar-refractivity contribution < 1.29 is 33.8 Å². The third-order valence-electron chi connectivity index (χ3n) is 4.31. The molecule has 0 fully saturated rings. The molecule has 1 N–H and O–H groups in total. The van der Waals surface area contributed by atoms with Crippen LogP contribution in [0.2, 0.25) is 0 Å². The van der Waals surface area contributed by atoms with Crippen molar-refractivity contribution in [3.05, 3.63) is 57.6 Å². The second kappa shape index (κ2) is 6.10. The van der Waals surface area contributed by atoms with Gasteiger partial charge in [0.25, 0.3) is 0 Å². The summed E-state index contributed by atoms with van der Waals surface area (Å²) in [6.45, 7) is 0.0934. The summed E-state index contributed by atoms with van der Waals surface area (Å²) >= 11 is 0. The molecular weight excluding hydrogens is 346 g/mol. The summed E-state index contributed by atoms with van der Waals surface area (Å²) in [4.78, 5) is 22.3. The van der Waals surface area contributed by atoms with Crippen LogP contribution in [0.3, 0.4) is 0 Å². The standard InChI is InChI=1S/C17H13NO8/c19-17(20)16(18(21)22)15(9-1-3-11-13(5-9)25-7-23-11)10-2-4-12-14(6-10)26-8-24-12/h1-6,15-16H,7-8H2,(H,19,20). The Bertz CT molecular complexity index is 825. The van der Waals surface area contributed by atoms with Crippen LogP contribution >= 0.6 is 0 Å². The van der Waals surface area contributed by atoms with Gasteiger partial charge in [0.05, 0.1) is 5.92 Å². The van der Waals surface area contributed by atoms with E-state index in [1.165, 1.54) is 0 Å². The van der Waals surface area contributed by atoms with E-state index < -0.39 is 22.9 Å². The number of nitrogens with zero attached hydrogens (tertiary/aromatic N) is 1. The highest BCUT2D eigenvalue weighted by Crippen LogP contribution is 2.41. The number of ether oxygens (including phenoxy) is 4. The molecule has 0 aliphatic carbocycles. The molecule has 2 aromatic rings. The van der Waals surface area contributed by atoms with Gasteiger partial charge in [0.2, 0.25) is 13.6 Å². The van der Waals surface area contributed by atoms with Gasteiger partial charge in [-0.1, -0.05) is 12.1 Å². The van der Waals surface area contributed by atoms with Crippen LogP contribution in [0.15, 0.2) is 36.4 Å². The summed E-state index contributed by atoms with van der Waals surface area (Å²) in [6, 6.07) is 7.67. The van der Waals surface area contributed by atoms with Crippen molar-refractivity contribution in [1.82, 2.24) is 0 Å². The lowest BCUT2D eigenvalue weighted by molar-refractivity contribution is -0.512. The highest BCUT2D eigenvalue weighted by atomic mass is 16.7.